The van der Waals surface area contributed by atoms with Crippen LogP contribution in [0.4, 0.5) is 5.69 Å². The Kier molecular flexibility index (Phi) is 11.2. The van der Waals surface area contributed by atoms with Gasteiger partial charge in [0.1, 0.15) is 18.3 Å². The van der Waals surface area contributed by atoms with Crippen LogP contribution in [0.25, 0.3) is 0 Å². The van der Waals surface area contributed by atoms with Gasteiger partial charge in [0, 0.05) is 19.5 Å². The van der Waals surface area contributed by atoms with Crippen LogP contribution in [0.15, 0.2) is 112 Å². The third-order valence-electron chi connectivity index (χ3n) is 7.13. The topological polar surface area (TPSA) is 96.0 Å². The Bertz CT molecular complexity index is 1670. The minimum Gasteiger partial charge on any atom is -0.496 e. The second-order valence-corrected chi connectivity index (χ2v) is 13.0. The first-order valence-electron chi connectivity index (χ1n) is 14.2. The summed E-state index contributed by atoms with van der Waals surface area (Å²) in [6, 6.07) is 29.3. The SMILES string of the molecule is CCNC(=O)[C@H](Cc1ccccc1)N(Cc1ccccc1)C(=O)CN(c1ccc(C)cc1)S(=O)(=O)c1ccc(OC)c(Br)c1. The van der Waals surface area contributed by atoms with Gasteiger partial charge in [0.25, 0.3) is 10.0 Å². The Morgan fingerprint density at radius 3 is 2.07 bits per heavy atom. The van der Waals surface area contributed by atoms with Crippen molar-refractivity contribution in [3.05, 3.63) is 124 Å². The van der Waals surface area contributed by atoms with Gasteiger partial charge in [-0.15, -0.1) is 0 Å². The summed E-state index contributed by atoms with van der Waals surface area (Å²) in [4.78, 5) is 29.4. The third kappa shape index (κ3) is 8.06. The predicted molar refractivity (Wildman–Crippen MR) is 176 cm³/mol. The van der Waals surface area contributed by atoms with E-state index in [1.165, 1.54) is 24.1 Å². The molecule has 1 atom stereocenters. The lowest BCUT2D eigenvalue weighted by Crippen LogP contribution is -2.53. The highest BCUT2D eigenvalue weighted by molar-refractivity contribution is 9.10. The van der Waals surface area contributed by atoms with Crippen LogP contribution in [0.3, 0.4) is 0 Å². The fourth-order valence-electron chi connectivity index (χ4n) is 4.80. The Morgan fingerprint density at radius 2 is 1.50 bits per heavy atom. The number of carbonyl (C=O) groups excluding carboxylic acids is 2. The number of aryl methyl sites for hydroxylation is 1. The van der Waals surface area contributed by atoms with Gasteiger partial charge in [0.05, 0.1) is 22.2 Å². The van der Waals surface area contributed by atoms with E-state index in [-0.39, 0.29) is 23.8 Å². The summed E-state index contributed by atoms with van der Waals surface area (Å²) in [5, 5.41) is 2.87. The van der Waals surface area contributed by atoms with Gasteiger partial charge >= 0.3 is 0 Å². The van der Waals surface area contributed by atoms with Gasteiger partial charge in [0.2, 0.25) is 11.8 Å². The first-order valence-corrected chi connectivity index (χ1v) is 16.4. The van der Waals surface area contributed by atoms with Gasteiger partial charge in [-0.25, -0.2) is 8.42 Å². The Balaban J connectivity index is 1.79. The van der Waals surface area contributed by atoms with E-state index >= 15 is 0 Å². The summed E-state index contributed by atoms with van der Waals surface area (Å²) in [7, 11) is -2.74. The van der Waals surface area contributed by atoms with Crippen molar-refractivity contribution in [3.63, 3.8) is 0 Å². The van der Waals surface area contributed by atoms with E-state index in [1.807, 2.05) is 74.5 Å². The highest BCUT2D eigenvalue weighted by Crippen LogP contribution is 2.31. The van der Waals surface area contributed by atoms with Crippen LogP contribution < -0.4 is 14.4 Å². The highest BCUT2D eigenvalue weighted by Gasteiger charge is 2.34. The molecule has 0 aliphatic heterocycles. The highest BCUT2D eigenvalue weighted by atomic mass is 79.9. The monoisotopic (exact) mass is 677 g/mol. The molecule has 0 unspecified atom stereocenters. The fraction of sp³-hybridized carbons (Fsp3) is 0.235. The number of ether oxygens (including phenoxy) is 1. The zero-order valence-corrected chi connectivity index (χ0v) is 27.3. The van der Waals surface area contributed by atoms with Gasteiger partial charge in [0.15, 0.2) is 0 Å². The van der Waals surface area contributed by atoms with Crippen LogP contribution in [0.1, 0.15) is 23.6 Å². The first-order chi connectivity index (χ1) is 21.1. The van der Waals surface area contributed by atoms with E-state index < -0.39 is 28.5 Å². The quantitative estimate of drug-likeness (QED) is 0.195. The van der Waals surface area contributed by atoms with E-state index in [0.717, 1.165) is 21.0 Å². The molecular formula is C34H36BrN3O5S. The van der Waals surface area contributed by atoms with Gasteiger partial charge in [-0.3, -0.25) is 13.9 Å². The van der Waals surface area contributed by atoms with Crippen LogP contribution in [-0.4, -0.2) is 51.4 Å². The molecule has 0 aromatic heterocycles. The van der Waals surface area contributed by atoms with Gasteiger partial charge in [-0.1, -0.05) is 78.4 Å². The second-order valence-electron chi connectivity index (χ2n) is 10.3. The molecule has 10 heteroatoms. The number of hydrogen-bond acceptors (Lipinski definition) is 5. The third-order valence-corrected chi connectivity index (χ3v) is 9.52. The van der Waals surface area contributed by atoms with Crippen molar-refractivity contribution >= 4 is 43.5 Å². The molecule has 0 fully saturated rings. The second kappa shape index (κ2) is 15.0. The number of methoxy groups -OCH3 is 1. The van der Waals surface area contributed by atoms with Crippen molar-refractivity contribution in [2.24, 2.45) is 0 Å². The molecule has 2 amide bonds. The Labute approximate surface area is 267 Å². The molecule has 0 aliphatic carbocycles. The zero-order valence-electron chi connectivity index (χ0n) is 24.9. The van der Waals surface area contributed by atoms with E-state index in [9.17, 15) is 18.0 Å². The molecule has 0 aliphatic rings. The van der Waals surface area contributed by atoms with E-state index in [0.29, 0.717) is 22.5 Å². The minimum atomic E-state index is -4.23. The van der Waals surface area contributed by atoms with Crippen molar-refractivity contribution in [1.29, 1.82) is 0 Å². The maximum atomic E-state index is 14.4. The average molecular weight is 679 g/mol. The number of rotatable bonds is 13. The van der Waals surface area contributed by atoms with Crippen molar-refractivity contribution in [2.75, 3.05) is 24.5 Å². The van der Waals surface area contributed by atoms with Crippen LogP contribution in [0.5, 0.6) is 5.75 Å². The summed E-state index contributed by atoms with van der Waals surface area (Å²) in [6.07, 6.45) is 0.258. The molecule has 0 heterocycles. The Hall–Kier alpha value is -4.15. The predicted octanol–water partition coefficient (Wildman–Crippen LogP) is 5.74. The summed E-state index contributed by atoms with van der Waals surface area (Å²) in [6.45, 7) is 3.69. The maximum Gasteiger partial charge on any atom is 0.264 e. The van der Waals surface area contributed by atoms with Crippen LogP contribution >= 0.6 is 15.9 Å². The van der Waals surface area contributed by atoms with E-state index in [4.69, 9.17) is 4.74 Å². The normalized spacial score (nSPS) is 11.8. The van der Waals surface area contributed by atoms with Crippen molar-refractivity contribution in [1.82, 2.24) is 10.2 Å². The van der Waals surface area contributed by atoms with E-state index in [2.05, 4.69) is 21.2 Å². The number of nitrogens with zero attached hydrogens (tertiary/aromatic N) is 2. The fourth-order valence-corrected chi connectivity index (χ4v) is 6.93. The first kappa shape index (κ1) is 32.8. The summed E-state index contributed by atoms with van der Waals surface area (Å²) in [5.41, 5.74) is 2.95. The van der Waals surface area contributed by atoms with Crippen molar-refractivity contribution in [2.45, 2.75) is 37.8 Å². The van der Waals surface area contributed by atoms with Crippen LogP contribution in [0.2, 0.25) is 0 Å². The molecule has 0 bridgehead atoms. The Morgan fingerprint density at radius 1 is 0.886 bits per heavy atom. The van der Waals surface area contributed by atoms with Crippen molar-refractivity contribution in [3.8, 4) is 5.75 Å². The molecule has 0 radical (unpaired) electrons. The molecule has 1 N–H and O–H groups in total. The molecule has 0 saturated heterocycles. The molecular weight excluding hydrogens is 642 g/mol. The zero-order chi connectivity index (χ0) is 31.7. The number of amides is 2. The van der Waals surface area contributed by atoms with Gasteiger partial charge in [-0.05, 0) is 71.2 Å². The summed E-state index contributed by atoms with van der Waals surface area (Å²) in [5.74, 6) is -0.358. The van der Waals surface area contributed by atoms with Crippen LogP contribution in [0, 0.1) is 6.92 Å². The van der Waals surface area contributed by atoms with Crippen LogP contribution in [-0.2, 0) is 32.6 Å². The number of sulfonamides is 1. The largest absolute Gasteiger partial charge is 0.496 e. The molecule has 4 aromatic carbocycles. The number of anilines is 1. The molecule has 4 rings (SSSR count). The lowest BCUT2D eigenvalue weighted by atomic mass is 10.0. The lowest BCUT2D eigenvalue weighted by molar-refractivity contribution is -0.140. The number of hydrogen-bond donors (Lipinski definition) is 1. The number of nitrogens with one attached hydrogen (secondary N) is 1. The molecule has 44 heavy (non-hydrogen) atoms. The molecule has 4 aromatic rings. The summed E-state index contributed by atoms with van der Waals surface area (Å²) >= 11 is 3.38. The van der Waals surface area contributed by atoms with Crippen molar-refractivity contribution < 1.29 is 22.7 Å². The average Bonchev–Trinajstić information content (AvgIpc) is 3.03. The smallest absolute Gasteiger partial charge is 0.264 e. The van der Waals surface area contributed by atoms with Gasteiger partial charge < -0.3 is 15.0 Å². The molecule has 0 spiro atoms. The maximum absolute atomic E-state index is 14.4. The number of carbonyl (C=O) groups is 2. The van der Waals surface area contributed by atoms with E-state index in [1.54, 1.807) is 30.3 Å². The molecule has 8 nitrogen and oxygen atoms in total. The molecule has 0 saturated carbocycles. The number of halogens is 1. The number of benzene rings is 4. The minimum absolute atomic E-state index is 0.0160. The van der Waals surface area contributed by atoms with Gasteiger partial charge in [-0.2, -0.15) is 0 Å². The number of likely N-dealkylation sites (N-methyl/N-ethyl adjacent to an activating group) is 1. The molecule has 230 valence electrons. The lowest BCUT2D eigenvalue weighted by Gasteiger charge is -2.34. The standard InChI is InChI=1S/C34H36BrN3O5S/c1-4-36-34(40)31(21-26-11-7-5-8-12-26)37(23-27-13-9-6-10-14-27)33(39)24-38(28-17-15-25(2)16-18-28)44(41,42)29-19-20-32(43-3)30(35)22-29/h5-20,22,31H,4,21,23-24H2,1-3H3,(H,36,40)/t31-/m0/s1. The summed E-state index contributed by atoms with van der Waals surface area (Å²) < 4.78 is 35.2.